The Morgan fingerprint density at radius 1 is 1.58 bits per heavy atom. The number of hydrogen-bond acceptors (Lipinski definition) is 1. The first kappa shape index (κ1) is 9.24. The molecule has 0 unspecified atom stereocenters. The van der Waals surface area contributed by atoms with Crippen molar-refractivity contribution >= 4 is 5.78 Å². The summed E-state index contributed by atoms with van der Waals surface area (Å²) in [6, 6.07) is 0. The molecule has 0 bridgehead atoms. The van der Waals surface area contributed by atoms with Gasteiger partial charge in [0, 0.05) is 12.0 Å². The van der Waals surface area contributed by atoms with Gasteiger partial charge in [-0.3, -0.25) is 4.79 Å². The SMILES string of the molecule is CCCCC=CC1=CCCC1=O. The van der Waals surface area contributed by atoms with Crippen molar-refractivity contribution in [2.24, 2.45) is 0 Å². The van der Waals surface area contributed by atoms with Crippen molar-refractivity contribution < 1.29 is 4.79 Å². The number of unbranched alkanes of at least 4 members (excludes halogenated alkanes) is 2. The lowest BCUT2D eigenvalue weighted by Gasteiger charge is -1.90. The lowest BCUT2D eigenvalue weighted by Crippen LogP contribution is -1.91. The van der Waals surface area contributed by atoms with Crippen LogP contribution in [0, 0.1) is 0 Å². The van der Waals surface area contributed by atoms with Crippen LogP contribution in [0.25, 0.3) is 0 Å². The molecule has 0 aromatic rings. The molecule has 0 fully saturated rings. The second-order valence-electron chi connectivity index (χ2n) is 3.17. The monoisotopic (exact) mass is 164 g/mol. The topological polar surface area (TPSA) is 17.1 Å². The maximum absolute atomic E-state index is 11.1. The minimum Gasteiger partial charge on any atom is -0.294 e. The number of carbonyl (C=O) groups is 1. The molecule has 1 aliphatic rings. The van der Waals surface area contributed by atoms with E-state index in [1.54, 1.807) is 0 Å². The van der Waals surface area contributed by atoms with Gasteiger partial charge in [0.15, 0.2) is 5.78 Å². The molecular formula is C11H16O. The summed E-state index contributed by atoms with van der Waals surface area (Å²) in [7, 11) is 0. The first-order valence-electron chi connectivity index (χ1n) is 4.74. The summed E-state index contributed by atoms with van der Waals surface area (Å²) in [6.07, 6.45) is 11.3. The van der Waals surface area contributed by atoms with Crippen molar-refractivity contribution in [2.45, 2.75) is 39.0 Å². The van der Waals surface area contributed by atoms with Crippen molar-refractivity contribution in [1.29, 1.82) is 0 Å². The summed E-state index contributed by atoms with van der Waals surface area (Å²) < 4.78 is 0. The van der Waals surface area contributed by atoms with E-state index in [0.29, 0.717) is 12.2 Å². The van der Waals surface area contributed by atoms with Gasteiger partial charge < -0.3 is 0 Å². The number of ketones is 1. The molecule has 1 heteroatoms. The summed E-state index contributed by atoms with van der Waals surface area (Å²) in [5.74, 6) is 0.308. The van der Waals surface area contributed by atoms with E-state index in [1.807, 2.05) is 12.2 Å². The third-order valence-electron chi connectivity index (χ3n) is 2.08. The summed E-state index contributed by atoms with van der Waals surface area (Å²) in [4.78, 5) is 11.1. The molecule has 1 aliphatic carbocycles. The van der Waals surface area contributed by atoms with Gasteiger partial charge in [-0.25, -0.2) is 0 Å². The predicted octanol–water partition coefficient (Wildman–Crippen LogP) is 3.02. The molecule has 0 heterocycles. The number of Topliss-reactive ketones (excluding diaryl/α,β-unsaturated/α-hetero) is 1. The Bertz CT molecular complexity index is 211. The number of allylic oxidation sites excluding steroid dienone is 4. The zero-order valence-corrected chi connectivity index (χ0v) is 7.68. The third-order valence-corrected chi connectivity index (χ3v) is 2.08. The van der Waals surface area contributed by atoms with Gasteiger partial charge in [-0.1, -0.05) is 38.0 Å². The molecule has 66 valence electrons. The van der Waals surface area contributed by atoms with E-state index in [9.17, 15) is 4.79 Å². The van der Waals surface area contributed by atoms with E-state index in [1.165, 1.54) is 12.8 Å². The number of hydrogen-bond donors (Lipinski definition) is 0. The lowest BCUT2D eigenvalue weighted by molar-refractivity contribution is -0.114. The summed E-state index contributed by atoms with van der Waals surface area (Å²) in [5.41, 5.74) is 0.922. The highest BCUT2D eigenvalue weighted by molar-refractivity contribution is 6.00. The summed E-state index contributed by atoms with van der Waals surface area (Å²) in [5, 5.41) is 0. The van der Waals surface area contributed by atoms with Crippen molar-refractivity contribution in [3.8, 4) is 0 Å². The Morgan fingerprint density at radius 3 is 3.00 bits per heavy atom. The fourth-order valence-electron chi connectivity index (χ4n) is 1.31. The highest BCUT2D eigenvalue weighted by atomic mass is 16.1. The molecule has 0 saturated heterocycles. The molecule has 1 rings (SSSR count). The van der Waals surface area contributed by atoms with E-state index in [4.69, 9.17) is 0 Å². The molecule has 0 aromatic carbocycles. The van der Waals surface area contributed by atoms with Crippen molar-refractivity contribution in [3.05, 3.63) is 23.8 Å². The standard InChI is InChI=1S/C11H16O/c1-2-3-4-5-7-10-8-6-9-11(10)12/h5,7-8H,2-4,6,9H2,1H3. The second kappa shape index (κ2) is 4.91. The summed E-state index contributed by atoms with van der Waals surface area (Å²) in [6.45, 7) is 2.17. The molecule has 0 radical (unpaired) electrons. The average molecular weight is 164 g/mol. The van der Waals surface area contributed by atoms with Crippen molar-refractivity contribution in [1.82, 2.24) is 0 Å². The molecule has 12 heavy (non-hydrogen) atoms. The molecule has 0 spiro atoms. The first-order valence-corrected chi connectivity index (χ1v) is 4.74. The Labute approximate surface area is 74.2 Å². The van der Waals surface area contributed by atoms with Gasteiger partial charge in [0.05, 0.1) is 0 Å². The summed E-state index contributed by atoms with van der Waals surface area (Å²) >= 11 is 0. The van der Waals surface area contributed by atoms with Crippen LogP contribution in [0.5, 0.6) is 0 Å². The maximum atomic E-state index is 11.1. The van der Waals surface area contributed by atoms with Crippen LogP contribution in [0.15, 0.2) is 23.8 Å². The minimum atomic E-state index is 0.308. The first-order chi connectivity index (χ1) is 5.84. The van der Waals surface area contributed by atoms with E-state index in [-0.39, 0.29) is 0 Å². The fourth-order valence-corrected chi connectivity index (χ4v) is 1.31. The Kier molecular flexibility index (Phi) is 3.78. The molecular weight excluding hydrogens is 148 g/mol. The Hall–Kier alpha value is -0.850. The van der Waals surface area contributed by atoms with E-state index < -0.39 is 0 Å². The zero-order valence-electron chi connectivity index (χ0n) is 7.68. The van der Waals surface area contributed by atoms with Crippen LogP contribution in [0.1, 0.15) is 39.0 Å². The van der Waals surface area contributed by atoms with Gasteiger partial charge >= 0.3 is 0 Å². The highest BCUT2D eigenvalue weighted by Gasteiger charge is 2.10. The molecule has 1 nitrogen and oxygen atoms in total. The lowest BCUT2D eigenvalue weighted by atomic mass is 10.1. The highest BCUT2D eigenvalue weighted by Crippen LogP contribution is 2.15. The van der Waals surface area contributed by atoms with Crippen molar-refractivity contribution in [2.75, 3.05) is 0 Å². The van der Waals surface area contributed by atoms with Crippen LogP contribution in [0.2, 0.25) is 0 Å². The molecule has 0 aliphatic heterocycles. The van der Waals surface area contributed by atoms with E-state index in [0.717, 1.165) is 18.4 Å². The molecule has 0 aromatic heterocycles. The van der Waals surface area contributed by atoms with Crippen LogP contribution < -0.4 is 0 Å². The van der Waals surface area contributed by atoms with Gasteiger partial charge in [-0.2, -0.15) is 0 Å². The minimum absolute atomic E-state index is 0.308. The fraction of sp³-hybridized carbons (Fsp3) is 0.545. The molecule has 0 atom stereocenters. The zero-order chi connectivity index (χ0) is 8.81. The number of carbonyl (C=O) groups excluding carboxylic acids is 1. The van der Waals surface area contributed by atoms with Crippen LogP contribution in [0.4, 0.5) is 0 Å². The largest absolute Gasteiger partial charge is 0.294 e. The maximum Gasteiger partial charge on any atom is 0.162 e. The predicted molar refractivity (Wildman–Crippen MR) is 51.0 cm³/mol. The van der Waals surface area contributed by atoms with Gasteiger partial charge in [0.1, 0.15) is 0 Å². The Balaban J connectivity index is 2.30. The smallest absolute Gasteiger partial charge is 0.162 e. The average Bonchev–Trinajstić information content (AvgIpc) is 2.46. The van der Waals surface area contributed by atoms with Crippen LogP contribution >= 0.6 is 0 Å². The van der Waals surface area contributed by atoms with Crippen LogP contribution in [0.3, 0.4) is 0 Å². The quantitative estimate of drug-likeness (QED) is 0.584. The van der Waals surface area contributed by atoms with Crippen LogP contribution in [-0.2, 0) is 4.79 Å². The van der Waals surface area contributed by atoms with Gasteiger partial charge in [0.25, 0.3) is 0 Å². The van der Waals surface area contributed by atoms with E-state index in [2.05, 4.69) is 13.0 Å². The van der Waals surface area contributed by atoms with E-state index >= 15 is 0 Å². The second-order valence-corrected chi connectivity index (χ2v) is 3.17. The third kappa shape index (κ3) is 2.65. The molecule has 0 saturated carbocycles. The van der Waals surface area contributed by atoms with Gasteiger partial charge in [0.2, 0.25) is 0 Å². The number of rotatable bonds is 4. The molecule has 0 N–H and O–H groups in total. The van der Waals surface area contributed by atoms with Gasteiger partial charge in [-0.05, 0) is 12.8 Å². The van der Waals surface area contributed by atoms with Gasteiger partial charge in [-0.15, -0.1) is 0 Å². The van der Waals surface area contributed by atoms with Crippen molar-refractivity contribution in [3.63, 3.8) is 0 Å². The normalized spacial score (nSPS) is 17.4. The molecule has 0 amide bonds. The Morgan fingerprint density at radius 2 is 2.42 bits per heavy atom. The van der Waals surface area contributed by atoms with Crippen LogP contribution in [-0.4, -0.2) is 5.78 Å².